The van der Waals surface area contributed by atoms with Crippen LogP contribution in [-0.4, -0.2) is 59.8 Å². The van der Waals surface area contributed by atoms with E-state index in [1.54, 1.807) is 11.4 Å². The average molecular weight is 326 g/mol. The fourth-order valence-electron chi connectivity index (χ4n) is 3.65. The molecule has 0 amide bonds. The summed E-state index contributed by atoms with van der Waals surface area (Å²) < 4.78 is 28.8. The monoisotopic (exact) mass is 326 g/mol. The highest BCUT2D eigenvalue weighted by Crippen LogP contribution is 2.34. The van der Waals surface area contributed by atoms with Gasteiger partial charge in [0, 0.05) is 31.9 Å². The van der Waals surface area contributed by atoms with Crippen molar-refractivity contribution in [3.05, 3.63) is 17.5 Å². The van der Waals surface area contributed by atoms with E-state index in [2.05, 4.69) is 10.00 Å². The zero-order valence-electron chi connectivity index (χ0n) is 13.5. The van der Waals surface area contributed by atoms with Crippen LogP contribution in [0.15, 0.2) is 6.20 Å². The maximum atomic E-state index is 12.7. The molecule has 0 spiro atoms. The minimum Gasteiger partial charge on any atom is -0.302 e. The maximum Gasteiger partial charge on any atom is 0.215 e. The van der Waals surface area contributed by atoms with Crippen LogP contribution >= 0.6 is 0 Å². The van der Waals surface area contributed by atoms with Crippen LogP contribution in [0.3, 0.4) is 0 Å². The Kier molecular flexibility index (Phi) is 4.56. The second-order valence-electron chi connectivity index (χ2n) is 6.46. The molecule has 1 fully saturated rings. The third kappa shape index (κ3) is 3.07. The van der Waals surface area contributed by atoms with Gasteiger partial charge in [0.05, 0.1) is 18.0 Å². The largest absolute Gasteiger partial charge is 0.302 e. The second-order valence-corrected chi connectivity index (χ2v) is 8.61. The van der Waals surface area contributed by atoms with E-state index in [0.29, 0.717) is 6.54 Å². The van der Waals surface area contributed by atoms with E-state index in [1.165, 1.54) is 18.5 Å². The number of aryl methyl sites for hydroxylation is 1. The normalized spacial score (nSPS) is 23.1. The van der Waals surface area contributed by atoms with Gasteiger partial charge in [-0.05, 0) is 45.2 Å². The zero-order valence-corrected chi connectivity index (χ0v) is 14.3. The van der Waals surface area contributed by atoms with E-state index in [0.717, 1.165) is 37.9 Å². The number of hydrogen-bond donors (Lipinski definition) is 0. The van der Waals surface area contributed by atoms with Gasteiger partial charge in [-0.2, -0.15) is 9.40 Å². The lowest BCUT2D eigenvalue weighted by molar-refractivity contribution is 0.324. The van der Waals surface area contributed by atoms with E-state index in [9.17, 15) is 8.42 Å². The highest BCUT2D eigenvalue weighted by atomic mass is 32.2. The minimum absolute atomic E-state index is 0.0546. The molecule has 0 aromatic carbocycles. The third-order valence-corrected chi connectivity index (χ3v) is 6.92. The first-order valence-electron chi connectivity index (χ1n) is 8.18. The number of nitrogens with zero attached hydrogens (tertiary/aromatic N) is 4. The van der Waals surface area contributed by atoms with Crippen molar-refractivity contribution >= 4 is 10.0 Å². The summed E-state index contributed by atoms with van der Waals surface area (Å²) in [5.74, 6) is 0.218. The lowest BCUT2D eigenvalue weighted by atomic mass is 9.93. The van der Waals surface area contributed by atoms with Gasteiger partial charge < -0.3 is 4.90 Å². The Hall–Kier alpha value is -0.920. The summed E-state index contributed by atoms with van der Waals surface area (Å²) >= 11 is 0. The van der Waals surface area contributed by atoms with Gasteiger partial charge in [0.2, 0.25) is 10.0 Å². The molecule has 1 saturated heterocycles. The van der Waals surface area contributed by atoms with Crippen LogP contribution in [0.5, 0.6) is 0 Å². The van der Waals surface area contributed by atoms with E-state index < -0.39 is 10.0 Å². The number of likely N-dealkylation sites (tertiary alicyclic amines) is 1. The fourth-order valence-corrected chi connectivity index (χ4v) is 5.03. The summed E-state index contributed by atoms with van der Waals surface area (Å²) in [6.07, 6.45) is 7.12. The number of fused-ring (bicyclic) bond motifs is 1. The van der Waals surface area contributed by atoms with Crippen LogP contribution in [0.1, 0.15) is 43.0 Å². The van der Waals surface area contributed by atoms with Crippen molar-refractivity contribution in [2.75, 3.05) is 32.4 Å². The van der Waals surface area contributed by atoms with Crippen molar-refractivity contribution in [1.29, 1.82) is 0 Å². The highest BCUT2D eigenvalue weighted by molar-refractivity contribution is 7.89. The zero-order chi connectivity index (χ0) is 15.7. The SMILES string of the molecule is CN(C1CCCc2c1cnn2C)S(=O)(=O)CCN1CCCC1. The molecule has 0 radical (unpaired) electrons. The summed E-state index contributed by atoms with van der Waals surface area (Å²) in [6, 6.07) is -0.0546. The second kappa shape index (κ2) is 6.29. The average Bonchev–Trinajstić information content (AvgIpc) is 3.15. The van der Waals surface area contributed by atoms with Crippen molar-refractivity contribution in [3.63, 3.8) is 0 Å². The highest BCUT2D eigenvalue weighted by Gasteiger charge is 2.32. The molecule has 6 nitrogen and oxygen atoms in total. The van der Waals surface area contributed by atoms with Crippen molar-refractivity contribution in [3.8, 4) is 0 Å². The molecule has 1 aromatic rings. The number of hydrogen-bond acceptors (Lipinski definition) is 4. The van der Waals surface area contributed by atoms with Gasteiger partial charge in [-0.15, -0.1) is 0 Å². The standard InChI is InChI=1S/C15H26N4O2S/c1-17-14-6-5-7-15(13(14)12-16-17)18(2)22(20,21)11-10-19-8-3-4-9-19/h12,15H,3-11H2,1-2H3. The molecule has 1 unspecified atom stereocenters. The predicted molar refractivity (Wildman–Crippen MR) is 86.1 cm³/mol. The molecular weight excluding hydrogens is 300 g/mol. The summed E-state index contributed by atoms with van der Waals surface area (Å²) in [6.45, 7) is 2.73. The van der Waals surface area contributed by atoms with Crippen molar-refractivity contribution in [2.45, 2.75) is 38.1 Å². The fraction of sp³-hybridized carbons (Fsp3) is 0.800. The molecule has 0 N–H and O–H groups in total. The molecular formula is C15H26N4O2S. The van der Waals surface area contributed by atoms with Crippen LogP contribution in [0.2, 0.25) is 0 Å². The van der Waals surface area contributed by atoms with Crippen LogP contribution in [0.25, 0.3) is 0 Å². The molecule has 1 aliphatic heterocycles. The van der Waals surface area contributed by atoms with Crippen molar-refractivity contribution in [2.24, 2.45) is 7.05 Å². The Labute approximate surface area is 133 Å². The summed E-state index contributed by atoms with van der Waals surface area (Å²) in [5, 5.41) is 4.31. The maximum absolute atomic E-state index is 12.7. The first-order valence-corrected chi connectivity index (χ1v) is 9.79. The number of sulfonamides is 1. The third-order valence-electron chi connectivity index (χ3n) is 5.09. The van der Waals surface area contributed by atoms with E-state index in [4.69, 9.17) is 0 Å². The lowest BCUT2D eigenvalue weighted by Gasteiger charge is -2.31. The van der Waals surface area contributed by atoms with Crippen molar-refractivity contribution < 1.29 is 8.42 Å². The molecule has 2 heterocycles. The Morgan fingerprint density at radius 3 is 2.77 bits per heavy atom. The van der Waals surface area contributed by atoms with E-state index in [-0.39, 0.29) is 11.8 Å². The Morgan fingerprint density at radius 1 is 1.32 bits per heavy atom. The van der Waals surface area contributed by atoms with Gasteiger partial charge in [-0.1, -0.05) is 0 Å². The minimum atomic E-state index is -3.23. The molecule has 2 aliphatic rings. The number of rotatable bonds is 5. The molecule has 3 rings (SSSR count). The van der Waals surface area contributed by atoms with E-state index in [1.807, 2.05) is 17.9 Å². The molecule has 1 aromatic heterocycles. The molecule has 1 aliphatic carbocycles. The lowest BCUT2D eigenvalue weighted by Crippen LogP contribution is -2.38. The smallest absolute Gasteiger partial charge is 0.215 e. The van der Waals surface area contributed by atoms with Gasteiger partial charge >= 0.3 is 0 Å². The van der Waals surface area contributed by atoms with Gasteiger partial charge in [-0.3, -0.25) is 4.68 Å². The first-order chi connectivity index (χ1) is 10.5. The summed E-state index contributed by atoms with van der Waals surface area (Å²) in [5.41, 5.74) is 2.26. The topological polar surface area (TPSA) is 58.4 Å². The Morgan fingerprint density at radius 2 is 2.05 bits per heavy atom. The van der Waals surface area contributed by atoms with Crippen LogP contribution in [0, 0.1) is 0 Å². The quantitative estimate of drug-likeness (QED) is 0.814. The van der Waals surface area contributed by atoms with Gasteiger partial charge in [-0.25, -0.2) is 8.42 Å². The Balaban J connectivity index is 1.71. The molecule has 124 valence electrons. The molecule has 22 heavy (non-hydrogen) atoms. The molecule has 0 bridgehead atoms. The number of aromatic nitrogens is 2. The summed E-state index contributed by atoms with van der Waals surface area (Å²) in [4.78, 5) is 2.25. The van der Waals surface area contributed by atoms with Crippen LogP contribution in [0.4, 0.5) is 0 Å². The molecule has 0 saturated carbocycles. The van der Waals surface area contributed by atoms with Gasteiger partial charge in [0.1, 0.15) is 0 Å². The molecule has 7 heteroatoms. The van der Waals surface area contributed by atoms with Crippen LogP contribution in [-0.2, 0) is 23.5 Å². The van der Waals surface area contributed by atoms with E-state index >= 15 is 0 Å². The first kappa shape index (κ1) is 16.0. The van der Waals surface area contributed by atoms with Crippen LogP contribution < -0.4 is 0 Å². The van der Waals surface area contributed by atoms with Gasteiger partial charge in [0.25, 0.3) is 0 Å². The molecule has 1 atom stereocenters. The Bertz CT molecular complexity index is 619. The van der Waals surface area contributed by atoms with Crippen molar-refractivity contribution in [1.82, 2.24) is 19.0 Å². The summed E-state index contributed by atoms with van der Waals surface area (Å²) in [7, 11) is 0.436. The predicted octanol–water partition coefficient (Wildman–Crippen LogP) is 1.15. The van der Waals surface area contributed by atoms with Gasteiger partial charge in [0.15, 0.2) is 0 Å².